The second-order valence-corrected chi connectivity index (χ2v) is 5.85. The largest absolute Gasteiger partial charge is 0.375 e. The Morgan fingerprint density at radius 3 is 1.80 bits per heavy atom. The molecule has 2 heteroatoms. The lowest BCUT2D eigenvalue weighted by Gasteiger charge is -2.49. The third-order valence-corrected chi connectivity index (χ3v) is 4.93. The van der Waals surface area contributed by atoms with Crippen LogP contribution in [-0.4, -0.2) is 23.5 Å². The highest BCUT2D eigenvalue weighted by Crippen LogP contribution is 2.52. The van der Waals surface area contributed by atoms with Gasteiger partial charge in [0.2, 0.25) is 0 Å². The Hall–Kier alpha value is 0.390. The van der Waals surface area contributed by atoms with Gasteiger partial charge in [0.15, 0.2) is 0 Å². The lowest BCUT2D eigenvalue weighted by Crippen LogP contribution is -2.46. The van der Waals surface area contributed by atoms with Gasteiger partial charge in [-0.2, -0.15) is 0 Å². The van der Waals surface area contributed by atoms with Crippen molar-refractivity contribution in [3.8, 4) is 0 Å². The predicted octanol–water partition coefficient (Wildman–Crippen LogP) is 1.76. The third kappa shape index (κ3) is 0.770. The van der Waals surface area contributed by atoms with E-state index in [0.29, 0.717) is 12.2 Å². The second kappa shape index (κ2) is 1.95. The van der Waals surface area contributed by atoms with Gasteiger partial charge in [-0.3, -0.25) is 0 Å². The van der Waals surface area contributed by atoms with E-state index in [9.17, 15) is 0 Å². The molecule has 4 saturated heterocycles. The van der Waals surface area contributed by atoms with Crippen molar-refractivity contribution in [2.24, 2.45) is 0 Å². The van der Waals surface area contributed by atoms with E-state index in [2.05, 4.69) is 0 Å². The van der Waals surface area contributed by atoms with Gasteiger partial charge in [0.25, 0.3) is 0 Å². The van der Waals surface area contributed by atoms with Crippen molar-refractivity contribution in [1.29, 1.82) is 0 Å². The van der Waals surface area contributed by atoms with Gasteiger partial charge < -0.3 is 4.74 Å². The maximum atomic E-state index is 5.83. The van der Waals surface area contributed by atoms with Crippen molar-refractivity contribution in [2.45, 2.75) is 49.2 Å². The molecule has 0 aromatic carbocycles. The fourth-order valence-corrected chi connectivity index (χ4v) is 5.02. The third-order valence-electron chi connectivity index (χ3n) is 3.05. The predicted molar refractivity (Wildman–Crippen MR) is 43.0 cm³/mol. The molecule has 4 bridgehead atoms. The minimum Gasteiger partial charge on any atom is -0.375 e. The first-order valence-electron chi connectivity index (χ1n) is 4.31. The topological polar surface area (TPSA) is 9.23 Å². The fourth-order valence-electron chi connectivity index (χ4n) is 2.75. The number of hydrogen-bond donors (Lipinski definition) is 0. The molecular weight excluding hydrogens is 143 g/mol. The molecule has 4 heterocycles. The van der Waals surface area contributed by atoms with E-state index >= 15 is 0 Å². The van der Waals surface area contributed by atoms with Crippen LogP contribution in [0.5, 0.6) is 0 Å². The Bertz CT molecular complexity index is 101. The van der Waals surface area contributed by atoms with E-state index in [1.165, 1.54) is 34.3 Å². The Kier molecular flexibility index (Phi) is 1.17. The number of ether oxygens (including phenoxy) is 1. The zero-order valence-corrected chi connectivity index (χ0v) is 7.05. The van der Waals surface area contributed by atoms with Crippen molar-refractivity contribution in [3.05, 3.63) is 0 Å². The summed E-state index contributed by atoms with van der Waals surface area (Å²) in [5.74, 6) is 0. The molecule has 4 aliphatic rings. The Morgan fingerprint density at radius 1 is 0.900 bits per heavy atom. The first-order valence-corrected chi connectivity index (χ1v) is 5.47. The number of hydrogen-bond acceptors (Lipinski definition) is 1. The smallest absolute Gasteiger partial charge is 0.0590 e. The Labute approximate surface area is 63.3 Å². The van der Waals surface area contributed by atoms with Crippen LogP contribution in [0.2, 0.25) is 0 Å². The molecule has 0 spiro atoms. The summed E-state index contributed by atoms with van der Waals surface area (Å²) in [5, 5.41) is 0. The van der Waals surface area contributed by atoms with Gasteiger partial charge >= 0.3 is 0 Å². The SMILES string of the molecule is C1C2CC3CC(CC1P3)O2. The molecule has 0 amide bonds. The van der Waals surface area contributed by atoms with Crippen LogP contribution in [-0.2, 0) is 4.74 Å². The molecule has 10 heavy (non-hydrogen) atoms. The van der Waals surface area contributed by atoms with Crippen LogP contribution in [0, 0.1) is 0 Å². The minimum absolute atomic E-state index is 0.684. The molecule has 0 aliphatic carbocycles. The molecule has 4 fully saturated rings. The first kappa shape index (κ1) is 5.97. The van der Waals surface area contributed by atoms with Crippen LogP contribution in [0.25, 0.3) is 0 Å². The van der Waals surface area contributed by atoms with Crippen molar-refractivity contribution >= 4 is 8.58 Å². The minimum atomic E-state index is 0.684. The molecule has 56 valence electrons. The van der Waals surface area contributed by atoms with E-state index in [1.54, 1.807) is 0 Å². The van der Waals surface area contributed by atoms with Crippen LogP contribution < -0.4 is 0 Å². The van der Waals surface area contributed by atoms with Crippen LogP contribution in [0.4, 0.5) is 0 Å². The first-order chi connectivity index (χ1) is 4.90. The standard InChI is InChI=1S/C8H13OP/c1-5-2-8-4-6(9-5)3-7(1)10-8/h5-8,10H,1-4H2. The molecule has 0 unspecified atom stereocenters. The molecule has 0 radical (unpaired) electrons. The summed E-state index contributed by atoms with van der Waals surface area (Å²) in [4.78, 5) is 0. The molecule has 4 rings (SSSR count). The highest BCUT2D eigenvalue weighted by molar-refractivity contribution is 7.40. The van der Waals surface area contributed by atoms with Gasteiger partial charge in [0.1, 0.15) is 0 Å². The lowest BCUT2D eigenvalue weighted by atomic mass is 9.90. The lowest BCUT2D eigenvalue weighted by molar-refractivity contribution is -0.0856. The van der Waals surface area contributed by atoms with E-state index in [4.69, 9.17) is 4.74 Å². The van der Waals surface area contributed by atoms with Gasteiger partial charge in [0.05, 0.1) is 12.2 Å². The Morgan fingerprint density at radius 2 is 1.40 bits per heavy atom. The zero-order valence-electron chi connectivity index (χ0n) is 6.05. The molecule has 0 saturated carbocycles. The van der Waals surface area contributed by atoms with Crippen molar-refractivity contribution in [1.82, 2.24) is 0 Å². The molecule has 0 aromatic heterocycles. The normalized spacial score (nSPS) is 60.0. The molecule has 1 nitrogen and oxygen atoms in total. The maximum Gasteiger partial charge on any atom is 0.0590 e. The van der Waals surface area contributed by atoms with Crippen LogP contribution in [0.3, 0.4) is 0 Å². The van der Waals surface area contributed by atoms with Crippen LogP contribution >= 0.6 is 8.58 Å². The van der Waals surface area contributed by atoms with Gasteiger partial charge in [-0.25, -0.2) is 0 Å². The molecular formula is C8H13OP. The maximum absolute atomic E-state index is 5.83. The van der Waals surface area contributed by atoms with Crippen molar-refractivity contribution < 1.29 is 4.74 Å². The molecule has 0 atom stereocenters. The van der Waals surface area contributed by atoms with Crippen molar-refractivity contribution in [2.75, 3.05) is 0 Å². The van der Waals surface area contributed by atoms with E-state index in [-0.39, 0.29) is 0 Å². The average molecular weight is 156 g/mol. The van der Waals surface area contributed by atoms with E-state index < -0.39 is 0 Å². The van der Waals surface area contributed by atoms with Crippen LogP contribution in [0.1, 0.15) is 25.7 Å². The van der Waals surface area contributed by atoms with E-state index in [1.807, 2.05) is 0 Å². The highest BCUT2D eigenvalue weighted by atomic mass is 31.1. The van der Waals surface area contributed by atoms with Crippen molar-refractivity contribution in [3.63, 3.8) is 0 Å². The monoisotopic (exact) mass is 156 g/mol. The summed E-state index contributed by atoms with van der Waals surface area (Å²) in [6.07, 6.45) is 6.95. The molecule has 0 aromatic rings. The zero-order chi connectivity index (χ0) is 6.55. The summed E-state index contributed by atoms with van der Waals surface area (Å²) >= 11 is 0. The summed E-state index contributed by atoms with van der Waals surface area (Å²) in [6, 6.07) is 0. The Balaban J connectivity index is 1.90. The van der Waals surface area contributed by atoms with Gasteiger partial charge in [-0.1, -0.05) is 0 Å². The molecule has 4 aliphatic heterocycles. The second-order valence-electron chi connectivity index (χ2n) is 3.88. The molecule has 0 N–H and O–H groups in total. The number of rotatable bonds is 0. The van der Waals surface area contributed by atoms with Crippen LogP contribution in [0.15, 0.2) is 0 Å². The summed E-state index contributed by atoms with van der Waals surface area (Å²) in [6.45, 7) is 0. The van der Waals surface area contributed by atoms with Gasteiger partial charge in [0, 0.05) is 0 Å². The summed E-state index contributed by atoms with van der Waals surface area (Å²) in [5.41, 5.74) is 2.16. The highest BCUT2D eigenvalue weighted by Gasteiger charge is 2.42. The average Bonchev–Trinajstić information content (AvgIpc) is 1.82. The fraction of sp³-hybridized carbons (Fsp3) is 1.00. The summed E-state index contributed by atoms with van der Waals surface area (Å²) in [7, 11) is 1.29. The summed E-state index contributed by atoms with van der Waals surface area (Å²) < 4.78 is 5.83. The van der Waals surface area contributed by atoms with E-state index in [0.717, 1.165) is 11.3 Å². The van der Waals surface area contributed by atoms with Gasteiger partial charge in [-0.15, -0.1) is 8.58 Å². The van der Waals surface area contributed by atoms with Gasteiger partial charge in [-0.05, 0) is 37.0 Å². The quantitative estimate of drug-likeness (QED) is 0.485.